The maximum atomic E-state index is 13.5. The summed E-state index contributed by atoms with van der Waals surface area (Å²) in [4.78, 5) is 28.3. The van der Waals surface area contributed by atoms with Crippen LogP contribution in [-0.2, 0) is 14.3 Å². The van der Waals surface area contributed by atoms with Gasteiger partial charge in [0.05, 0.1) is 29.2 Å². The van der Waals surface area contributed by atoms with E-state index in [1.54, 1.807) is 18.2 Å². The van der Waals surface area contributed by atoms with Crippen LogP contribution in [0.25, 0.3) is 6.08 Å². The van der Waals surface area contributed by atoms with Crippen molar-refractivity contribution in [3.8, 4) is 11.5 Å². The minimum atomic E-state index is -0.948. The number of halogens is 1. The van der Waals surface area contributed by atoms with Crippen LogP contribution >= 0.6 is 39.9 Å². The number of carbonyl (C=O) groups excluding carboxylic acids is 2. The second-order valence-corrected chi connectivity index (χ2v) is 10.5. The van der Waals surface area contributed by atoms with Crippen molar-refractivity contribution in [3.05, 3.63) is 63.0 Å². The first kappa shape index (κ1) is 28.2. The van der Waals surface area contributed by atoms with Gasteiger partial charge in [-0.25, -0.2) is 4.79 Å². The Morgan fingerprint density at radius 1 is 1.11 bits per heavy atom. The number of unbranched alkanes of at least 4 members (excludes halogenated alkanes) is 1. The summed E-state index contributed by atoms with van der Waals surface area (Å²) in [6.45, 7) is 7.26. The lowest BCUT2D eigenvalue weighted by Gasteiger charge is -2.25. The summed E-state index contributed by atoms with van der Waals surface area (Å²) in [5.74, 6) is 0.382. The van der Waals surface area contributed by atoms with Gasteiger partial charge in [-0.2, -0.15) is 0 Å². The highest BCUT2D eigenvalue weighted by molar-refractivity contribution is 9.10. The van der Waals surface area contributed by atoms with Crippen molar-refractivity contribution in [1.82, 2.24) is 4.90 Å². The van der Waals surface area contributed by atoms with Crippen molar-refractivity contribution >= 4 is 62.2 Å². The fourth-order valence-corrected chi connectivity index (χ4v) is 5.44. The van der Waals surface area contributed by atoms with E-state index in [0.717, 1.165) is 34.6 Å². The number of hydrogen-bond acceptors (Lipinski definition) is 7. The summed E-state index contributed by atoms with van der Waals surface area (Å²) >= 11 is 10.3. The van der Waals surface area contributed by atoms with Gasteiger partial charge in [0, 0.05) is 0 Å². The topological polar surface area (TPSA) is 65.1 Å². The third kappa shape index (κ3) is 6.89. The van der Waals surface area contributed by atoms with Crippen LogP contribution in [-0.4, -0.2) is 40.9 Å². The summed E-state index contributed by atoms with van der Waals surface area (Å²) < 4.78 is 18.2. The number of carbonyl (C=O) groups is 2. The third-order valence-corrected chi connectivity index (χ3v) is 7.16. The average molecular weight is 593 g/mol. The lowest BCUT2D eigenvalue weighted by Crippen LogP contribution is -2.38. The van der Waals surface area contributed by atoms with Crippen LogP contribution in [0.15, 0.2) is 51.8 Å². The molecular weight excluding hydrogens is 562 g/mol. The van der Waals surface area contributed by atoms with Gasteiger partial charge in [0.1, 0.15) is 4.32 Å². The maximum absolute atomic E-state index is 13.5. The quantitative estimate of drug-likeness (QED) is 0.115. The fourth-order valence-electron chi connectivity index (χ4n) is 3.55. The predicted octanol–water partition coefficient (Wildman–Crippen LogP) is 6.92. The van der Waals surface area contributed by atoms with Gasteiger partial charge in [-0.3, -0.25) is 9.69 Å². The van der Waals surface area contributed by atoms with Crippen LogP contribution in [0.2, 0.25) is 0 Å². The molecule has 192 valence electrons. The molecule has 3 rings (SSSR count). The van der Waals surface area contributed by atoms with Crippen molar-refractivity contribution < 1.29 is 23.8 Å². The number of amides is 1. The van der Waals surface area contributed by atoms with E-state index in [-0.39, 0.29) is 12.5 Å². The SMILES string of the molecule is CCCCOc1c(Br)cc(/C=C2\SC(=S)N(C(C(=O)OCCC)c3ccccc3)C2=O)cc1OCC. The highest BCUT2D eigenvalue weighted by Crippen LogP contribution is 2.41. The van der Waals surface area contributed by atoms with E-state index in [0.29, 0.717) is 45.9 Å². The molecule has 1 atom stereocenters. The Hall–Kier alpha value is -2.36. The molecule has 2 aromatic carbocycles. The van der Waals surface area contributed by atoms with Crippen LogP contribution < -0.4 is 9.47 Å². The number of rotatable bonds is 12. The number of thiocarbonyl (C=S) groups is 1. The monoisotopic (exact) mass is 591 g/mol. The summed E-state index contributed by atoms with van der Waals surface area (Å²) in [5, 5.41) is 0. The zero-order valence-corrected chi connectivity index (χ0v) is 23.8. The first-order valence-electron chi connectivity index (χ1n) is 12.0. The summed E-state index contributed by atoms with van der Waals surface area (Å²) in [7, 11) is 0. The lowest BCUT2D eigenvalue weighted by molar-refractivity contribution is -0.151. The van der Waals surface area contributed by atoms with Crippen LogP contribution in [0.4, 0.5) is 0 Å². The Labute approximate surface area is 230 Å². The summed E-state index contributed by atoms with van der Waals surface area (Å²) in [5.41, 5.74) is 1.39. The van der Waals surface area contributed by atoms with Crippen molar-refractivity contribution in [2.75, 3.05) is 19.8 Å². The van der Waals surface area contributed by atoms with Gasteiger partial charge in [0.25, 0.3) is 5.91 Å². The Kier molecular flexibility index (Phi) is 10.8. The molecule has 1 amide bonds. The molecule has 0 N–H and O–H groups in total. The fraction of sp³-hybridized carbons (Fsp3) is 0.370. The number of nitrogens with zero attached hydrogens (tertiary/aromatic N) is 1. The second-order valence-electron chi connectivity index (χ2n) is 8.00. The van der Waals surface area contributed by atoms with E-state index in [4.69, 9.17) is 26.4 Å². The third-order valence-electron chi connectivity index (χ3n) is 5.24. The number of hydrogen-bond donors (Lipinski definition) is 0. The van der Waals surface area contributed by atoms with Gasteiger partial charge in [-0.15, -0.1) is 0 Å². The van der Waals surface area contributed by atoms with Gasteiger partial charge >= 0.3 is 5.97 Å². The first-order valence-corrected chi connectivity index (χ1v) is 14.0. The summed E-state index contributed by atoms with van der Waals surface area (Å²) in [6, 6.07) is 11.8. The molecular formula is C27H30BrNO5S2. The molecule has 0 radical (unpaired) electrons. The molecule has 1 fully saturated rings. The molecule has 1 heterocycles. The second kappa shape index (κ2) is 13.8. The molecule has 1 aliphatic rings. The highest BCUT2D eigenvalue weighted by atomic mass is 79.9. The Balaban J connectivity index is 1.94. The number of ether oxygens (including phenoxy) is 3. The van der Waals surface area contributed by atoms with Crippen LogP contribution in [0, 0.1) is 0 Å². The molecule has 0 aliphatic carbocycles. The van der Waals surface area contributed by atoms with Crippen molar-refractivity contribution in [3.63, 3.8) is 0 Å². The lowest BCUT2D eigenvalue weighted by atomic mass is 10.1. The number of benzene rings is 2. The number of esters is 1. The summed E-state index contributed by atoms with van der Waals surface area (Å²) in [6.07, 6.45) is 4.39. The highest BCUT2D eigenvalue weighted by Gasteiger charge is 2.42. The molecule has 1 saturated heterocycles. The van der Waals surface area contributed by atoms with Crippen LogP contribution in [0.1, 0.15) is 57.2 Å². The molecule has 0 saturated carbocycles. The van der Waals surface area contributed by atoms with E-state index in [1.165, 1.54) is 4.90 Å². The van der Waals surface area contributed by atoms with Gasteiger partial charge in [-0.1, -0.05) is 74.6 Å². The molecule has 6 nitrogen and oxygen atoms in total. The van der Waals surface area contributed by atoms with Crippen LogP contribution in [0.5, 0.6) is 11.5 Å². The van der Waals surface area contributed by atoms with Crippen molar-refractivity contribution in [2.24, 2.45) is 0 Å². The molecule has 0 bridgehead atoms. The van der Waals surface area contributed by atoms with E-state index < -0.39 is 12.0 Å². The molecule has 1 unspecified atom stereocenters. The Morgan fingerprint density at radius 2 is 1.86 bits per heavy atom. The van der Waals surface area contributed by atoms with Crippen molar-refractivity contribution in [1.29, 1.82) is 0 Å². The van der Waals surface area contributed by atoms with E-state index >= 15 is 0 Å². The Bertz CT molecular complexity index is 1120. The molecule has 0 aromatic heterocycles. The maximum Gasteiger partial charge on any atom is 0.333 e. The normalized spacial score (nSPS) is 15.3. The largest absolute Gasteiger partial charge is 0.490 e. The molecule has 36 heavy (non-hydrogen) atoms. The molecule has 0 spiro atoms. The molecule has 2 aromatic rings. The zero-order chi connectivity index (χ0) is 26.1. The number of thioether (sulfide) groups is 1. The predicted molar refractivity (Wildman–Crippen MR) is 151 cm³/mol. The van der Waals surface area contributed by atoms with Gasteiger partial charge < -0.3 is 14.2 Å². The zero-order valence-electron chi connectivity index (χ0n) is 20.6. The van der Waals surface area contributed by atoms with Crippen LogP contribution in [0.3, 0.4) is 0 Å². The van der Waals surface area contributed by atoms with Gasteiger partial charge in [-0.05, 0) is 65.0 Å². The van der Waals surface area contributed by atoms with Gasteiger partial charge in [0.15, 0.2) is 17.5 Å². The minimum Gasteiger partial charge on any atom is -0.490 e. The smallest absolute Gasteiger partial charge is 0.333 e. The van der Waals surface area contributed by atoms with Crippen molar-refractivity contribution in [2.45, 2.75) is 46.1 Å². The van der Waals surface area contributed by atoms with E-state index in [1.807, 2.05) is 44.2 Å². The van der Waals surface area contributed by atoms with E-state index in [2.05, 4.69) is 22.9 Å². The standard InChI is InChI=1S/C27H30BrNO5S2/c1-4-7-14-33-24-20(28)15-18(16-21(24)32-6-3)17-22-25(30)29(27(35)36-22)23(26(31)34-13-5-2)19-11-9-8-10-12-19/h8-12,15-17,23H,4-7,13-14H2,1-3H3/b22-17-. The van der Waals surface area contributed by atoms with E-state index in [9.17, 15) is 9.59 Å². The Morgan fingerprint density at radius 3 is 2.53 bits per heavy atom. The van der Waals surface area contributed by atoms with Gasteiger partial charge in [0.2, 0.25) is 0 Å². The minimum absolute atomic E-state index is 0.272. The average Bonchev–Trinajstić information content (AvgIpc) is 3.13. The molecule has 1 aliphatic heterocycles. The first-order chi connectivity index (χ1) is 17.4. The molecule has 9 heteroatoms.